The first kappa shape index (κ1) is 15.5. The van der Waals surface area contributed by atoms with Crippen LogP contribution in [-0.4, -0.2) is 59.1 Å². The summed E-state index contributed by atoms with van der Waals surface area (Å²) in [6.45, 7) is 7.29. The molecule has 2 atom stereocenters. The maximum atomic E-state index is 12.7. The predicted molar refractivity (Wildman–Crippen MR) is 87.0 cm³/mol. The number of hydrogen-bond acceptors (Lipinski definition) is 3. The summed E-state index contributed by atoms with van der Waals surface area (Å²) >= 11 is 0. The summed E-state index contributed by atoms with van der Waals surface area (Å²) < 4.78 is 0. The first-order valence-electron chi connectivity index (χ1n) is 8.35. The molecule has 1 aliphatic heterocycles. The van der Waals surface area contributed by atoms with E-state index >= 15 is 0 Å². The molecule has 2 unspecified atom stereocenters. The summed E-state index contributed by atoms with van der Waals surface area (Å²) in [6.07, 6.45) is 2.95. The molecule has 0 aromatic heterocycles. The number of benzene rings is 1. The Morgan fingerprint density at radius 1 is 1.14 bits per heavy atom. The monoisotopic (exact) mass is 302 g/mol. The number of aliphatic hydroxyl groups is 1. The van der Waals surface area contributed by atoms with Gasteiger partial charge in [-0.05, 0) is 44.7 Å². The second-order valence-electron chi connectivity index (χ2n) is 6.71. The summed E-state index contributed by atoms with van der Waals surface area (Å²) in [6, 6.07) is 6.36. The van der Waals surface area contributed by atoms with E-state index in [1.807, 2.05) is 36.9 Å². The Kier molecular flexibility index (Phi) is 4.50. The van der Waals surface area contributed by atoms with Crippen LogP contribution in [0.3, 0.4) is 0 Å². The van der Waals surface area contributed by atoms with Crippen molar-refractivity contribution >= 4 is 5.91 Å². The molecule has 22 heavy (non-hydrogen) atoms. The fraction of sp³-hybridized carbons (Fsp3) is 0.611. The highest BCUT2D eigenvalue weighted by Gasteiger charge is 2.33. The van der Waals surface area contributed by atoms with E-state index < -0.39 is 0 Å². The summed E-state index contributed by atoms with van der Waals surface area (Å²) in [4.78, 5) is 17.0. The Labute approximate surface area is 132 Å². The molecular formula is C18H26N2O2. The predicted octanol–water partition coefficient (Wildman–Crippen LogP) is 1.97. The molecule has 1 aliphatic carbocycles. The van der Waals surface area contributed by atoms with Crippen LogP contribution in [0.2, 0.25) is 0 Å². The van der Waals surface area contributed by atoms with Gasteiger partial charge in [-0.3, -0.25) is 9.69 Å². The van der Waals surface area contributed by atoms with Gasteiger partial charge in [0.05, 0.1) is 6.10 Å². The number of hydrogen-bond donors (Lipinski definition) is 1. The third-order valence-corrected chi connectivity index (χ3v) is 5.14. The van der Waals surface area contributed by atoms with Crippen LogP contribution in [0.1, 0.15) is 40.7 Å². The highest BCUT2D eigenvalue weighted by molar-refractivity contribution is 5.95. The van der Waals surface area contributed by atoms with Crippen molar-refractivity contribution < 1.29 is 9.90 Å². The van der Waals surface area contributed by atoms with E-state index in [9.17, 15) is 9.90 Å². The van der Waals surface area contributed by atoms with Gasteiger partial charge in [-0.15, -0.1) is 0 Å². The quantitative estimate of drug-likeness (QED) is 0.908. The van der Waals surface area contributed by atoms with Crippen molar-refractivity contribution in [1.82, 2.24) is 9.80 Å². The normalized spacial score (nSPS) is 26.4. The third-order valence-electron chi connectivity index (χ3n) is 5.14. The molecule has 2 fully saturated rings. The number of rotatable bonds is 2. The van der Waals surface area contributed by atoms with E-state index in [1.165, 1.54) is 0 Å². The van der Waals surface area contributed by atoms with Gasteiger partial charge in [0.15, 0.2) is 0 Å². The van der Waals surface area contributed by atoms with Crippen LogP contribution in [-0.2, 0) is 0 Å². The van der Waals surface area contributed by atoms with Gasteiger partial charge < -0.3 is 10.0 Å². The summed E-state index contributed by atoms with van der Waals surface area (Å²) in [5, 5.41) is 10.0. The zero-order chi connectivity index (χ0) is 15.7. The van der Waals surface area contributed by atoms with Gasteiger partial charge in [0.2, 0.25) is 0 Å². The van der Waals surface area contributed by atoms with Crippen LogP contribution in [0.5, 0.6) is 0 Å². The van der Waals surface area contributed by atoms with Gasteiger partial charge in [0.25, 0.3) is 5.91 Å². The molecular weight excluding hydrogens is 276 g/mol. The van der Waals surface area contributed by atoms with Crippen LogP contribution in [0, 0.1) is 13.8 Å². The highest BCUT2D eigenvalue weighted by atomic mass is 16.3. The number of piperazine rings is 1. The van der Waals surface area contributed by atoms with Gasteiger partial charge >= 0.3 is 0 Å². The van der Waals surface area contributed by atoms with Crippen LogP contribution < -0.4 is 0 Å². The highest BCUT2D eigenvalue weighted by Crippen LogP contribution is 2.25. The van der Waals surface area contributed by atoms with Crippen molar-refractivity contribution in [3.63, 3.8) is 0 Å². The maximum Gasteiger partial charge on any atom is 0.254 e. The Morgan fingerprint density at radius 2 is 1.86 bits per heavy atom. The molecule has 1 aromatic rings. The number of nitrogens with zero attached hydrogens (tertiary/aromatic N) is 2. The van der Waals surface area contributed by atoms with E-state index in [0.29, 0.717) is 6.04 Å². The largest absolute Gasteiger partial charge is 0.391 e. The van der Waals surface area contributed by atoms with Crippen molar-refractivity contribution in [2.75, 3.05) is 26.2 Å². The molecule has 3 rings (SSSR count). The van der Waals surface area contributed by atoms with Crippen molar-refractivity contribution in [2.45, 2.75) is 45.3 Å². The van der Waals surface area contributed by atoms with Gasteiger partial charge in [0.1, 0.15) is 0 Å². The molecule has 0 bridgehead atoms. The lowest BCUT2D eigenvalue weighted by Crippen LogP contribution is -2.53. The Morgan fingerprint density at radius 3 is 2.50 bits per heavy atom. The molecule has 4 nitrogen and oxygen atoms in total. The molecule has 120 valence electrons. The fourth-order valence-electron chi connectivity index (χ4n) is 3.74. The number of aliphatic hydroxyl groups excluding tert-OH is 1. The van der Waals surface area contributed by atoms with E-state index in [-0.39, 0.29) is 12.0 Å². The lowest BCUT2D eigenvalue weighted by molar-refractivity contribution is 0.0315. The van der Waals surface area contributed by atoms with E-state index in [0.717, 1.165) is 62.1 Å². The molecule has 1 saturated heterocycles. The zero-order valence-electron chi connectivity index (χ0n) is 13.6. The first-order valence-corrected chi connectivity index (χ1v) is 8.35. The Hall–Kier alpha value is -1.39. The standard InChI is InChI=1S/C18H26N2O2/c1-13-6-7-14(2)15(12-13)18(22)20-10-8-19(9-11-20)16-4-3-5-17(16)21/h6-7,12,16-17,21H,3-5,8-11H2,1-2H3. The van der Waals surface area contributed by atoms with E-state index in [1.54, 1.807) is 0 Å². The van der Waals surface area contributed by atoms with Gasteiger partial charge in [0, 0.05) is 37.8 Å². The van der Waals surface area contributed by atoms with Gasteiger partial charge in [-0.1, -0.05) is 17.7 Å². The average molecular weight is 302 g/mol. The minimum atomic E-state index is -0.179. The van der Waals surface area contributed by atoms with Crippen molar-refractivity contribution in [1.29, 1.82) is 0 Å². The lowest BCUT2D eigenvalue weighted by atomic mass is 10.0. The summed E-state index contributed by atoms with van der Waals surface area (Å²) in [7, 11) is 0. The number of amides is 1. The lowest BCUT2D eigenvalue weighted by Gasteiger charge is -2.39. The second kappa shape index (κ2) is 6.39. The second-order valence-corrected chi connectivity index (χ2v) is 6.71. The van der Waals surface area contributed by atoms with Crippen molar-refractivity contribution in [3.8, 4) is 0 Å². The topological polar surface area (TPSA) is 43.8 Å². The van der Waals surface area contributed by atoms with Crippen LogP contribution in [0.15, 0.2) is 18.2 Å². The fourth-order valence-corrected chi connectivity index (χ4v) is 3.74. The third kappa shape index (κ3) is 3.03. The molecule has 2 aliphatic rings. The molecule has 1 N–H and O–H groups in total. The molecule has 1 heterocycles. The average Bonchev–Trinajstić information content (AvgIpc) is 2.95. The molecule has 4 heteroatoms. The SMILES string of the molecule is Cc1ccc(C)c(C(=O)N2CCN(C3CCCC3O)CC2)c1. The Bertz CT molecular complexity index is 550. The first-order chi connectivity index (χ1) is 10.6. The number of aryl methyl sites for hydroxylation is 2. The van der Waals surface area contributed by atoms with Gasteiger partial charge in [-0.2, -0.15) is 0 Å². The van der Waals surface area contributed by atoms with Crippen LogP contribution >= 0.6 is 0 Å². The Balaban J connectivity index is 1.63. The van der Waals surface area contributed by atoms with Crippen molar-refractivity contribution in [2.24, 2.45) is 0 Å². The maximum absolute atomic E-state index is 12.7. The molecule has 1 saturated carbocycles. The summed E-state index contributed by atoms with van der Waals surface area (Å²) in [5.74, 6) is 0.146. The number of carbonyl (C=O) groups excluding carboxylic acids is 1. The minimum Gasteiger partial charge on any atom is -0.391 e. The van der Waals surface area contributed by atoms with Gasteiger partial charge in [-0.25, -0.2) is 0 Å². The van der Waals surface area contributed by atoms with E-state index in [2.05, 4.69) is 4.90 Å². The smallest absolute Gasteiger partial charge is 0.254 e. The van der Waals surface area contributed by atoms with Crippen molar-refractivity contribution in [3.05, 3.63) is 34.9 Å². The molecule has 0 spiro atoms. The molecule has 1 aromatic carbocycles. The molecule has 1 amide bonds. The van der Waals surface area contributed by atoms with Crippen LogP contribution in [0.4, 0.5) is 0 Å². The zero-order valence-corrected chi connectivity index (χ0v) is 13.6. The number of carbonyl (C=O) groups is 1. The minimum absolute atomic E-state index is 0.146. The van der Waals surface area contributed by atoms with E-state index in [4.69, 9.17) is 0 Å². The molecule has 0 radical (unpaired) electrons. The summed E-state index contributed by atoms with van der Waals surface area (Å²) in [5.41, 5.74) is 3.00. The van der Waals surface area contributed by atoms with Crippen LogP contribution in [0.25, 0.3) is 0 Å².